The lowest BCUT2D eigenvalue weighted by atomic mass is 10.1. The Labute approximate surface area is 138 Å². The van der Waals surface area contributed by atoms with Gasteiger partial charge in [-0.15, -0.1) is 5.06 Å². The van der Waals surface area contributed by atoms with Crippen molar-refractivity contribution in [3.63, 3.8) is 0 Å². The van der Waals surface area contributed by atoms with Crippen molar-refractivity contribution in [2.24, 2.45) is 0 Å². The van der Waals surface area contributed by atoms with Crippen LogP contribution in [0.4, 0.5) is 0 Å². The molecular weight excluding hydrogens is 274 g/mol. The topological polar surface area (TPSA) is 29.5 Å². The molecule has 0 aromatic rings. The van der Waals surface area contributed by atoms with E-state index < -0.39 is 0 Å². The number of unbranched alkanes of at least 4 members (excludes halogenated alkanes) is 10. The zero-order chi connectivity index (χ0) is 16.5. The largest absolute Gasteiger partial charge is 0.368 e. The molecule has 132 valence electrons. The molecule has 0 amide bonds. The van der Waals surface area contributed by atoms with Gasteiger partial charge in [0.15, 0.2) is 0 Å². The van der Waals surface area contributed by atoms with Gasteiger partial charge in [-0.05, 0) is 12.8 Å². The van der Waals surface area contributed by atoms with E-state index in [1.165, 1.54) is 64.2 Å². The van der Waals surface area contributed by atoms with Gasteiger partial charge in [0.2, 0.25) is 0 Å². The lowest BCUT2D eigenvalue weighted by molar-refractivity contribution is -0.191. The summed E-state index contributed by atoms with van der Waals surface area (Å²) in [7, 11) is 0. The molecule has 0 heterocycles. The van der Waals surface area contributed by atoms with Crippen LogP contribution in [-0.2, 0) is 9.63 Å². The van der Waals surface area contributed by atoms with E-state index in [4.69, 9.17) is 4.84 Å². The van der Waals surface area contributed by atoms with Crippen molar-refractivity contribution in [2.75, 3.05) is 13.1 Å². The van der Waals surface area contributed by atoms with Gasteiger partial charge in [0, 0.05) is 19.5 Å². The Morgan fingerprint density at radius 2 is 1.09 bits per heavy atom. The standard InChI is InChI=1S/C19H39NO2/c1-4-7-9-11-13-15-17-20(22-19(21)6-3)18-16-14-12-10-8-5-2/h4-18H2,1-3H3. The highest BCUT2D eigenvalue weighted by molar-refractivity contribution is 5.68. The molecule has 0 aromatic carbocycles. The van der Waals surface area contributed by atoms with Crippen LogP contribution in [0.15, 0.2) is 0 Å². The van der Waals surface area contributed by atoms with Gasteiger partial charge in [-0.2, -0.15) is 0 Å². The molecule has 0 spiro atoms. The van der Waals surface area contributed by atoms with Crippen LogP contribution >= 0.6 is 0 Å². The van der Waals surface area contributed by atoms with Crippen LogP contribution in [0.2, 0.25) is 0 Å². The third-order valence-corrected chi connectivity index (χ3v) is 4.04. The zero-order valence-corrected chi connectivity index (χ0v) is 15.4. The van der Waals surface area contributed by atoms with Crippen molar-refractivity contribution >= 4 is 5.97 Å². The molecule has 0 radical (unpaired) electrons. The normalized spacial score (nSPS) is 11.1. The molecule has 3 nitrogen and oxygen atoms in total. The summed E-state index contributed by atoms with van der Waals surface area (Å²) in [5, 5.41) is 1.91. The minimum Gasteiger partial charge on any atom is -0.368 e. The summed E-state index contributed by atoms with van der Waals surface area (Å²) in [5.74, 6) is -0.100. The smallest absolute Gasteiger partial charge is 0.324 e. The van der Waals surface area contributed by atoms with Crippen LogP contribution in [0.1, 0.15) is 104 Å². The van der Waals surface area contributed by atoms with E-state index in [1.807, 2.05) is 12.0 Å². The highest BCUT2D eigenvalue weighted by atomic mass is 16.7. The highest BCUT2D eigenvalue weighted by Crippen LogP contribution is 2.09. The first-order chi connectivity index (χ1) is 10.7. The lowest BCUT2D eigenvalue weighted by Gasteiger charge is -2.21. The van der Waals surface area contributed by atoms with Gasteiger partial charge in [-0.25, -0.2) is 0 Å². The predicted octanol–water partition coefficient (Wildman–Crippen LogP) is 5.88. The summed E-state index contributed by atoms with van der Waals surface area (Å²) in [6, 6.07) is 0. The minimum atomic E-state index is -0.100. The molecule has 0 N–H and O–H groups in total. The molecule has 0 rings (SSSR count). The maximum atomic E-state index is 11.5. The molecule has 0 unspecified atom stereocenters. The van der Waals surface area contributed by atoms with E-state index >= 15 is 0 Å². The lowest BCUT2D eigenvalue weighted by Crippen LogP contribution is -2.29. The highest BCUT2D eigenvalue weighted by Gasteiger charge is 2.09. The number of hydrogen-bond donors (Lipinski definition) is 0. The van der Waals surface area contributed by atoms with Crippen molar-refractivity contribution in [2.45, 2.75) is 104 Å². The summed E-state index contributed by atoms with van der Waals surface area (Å²) >= 11 is 0. The van der Waals surface area contributed by atoms with E-state index in [-0.39, 0.29) is 5.97 Å². The molecular formula is C19H39NO2. The van der Waals surface area contributed by atoms with Crippen molar-refractivity contribution < 1.29 is 9.63 Å². The fraction of sp³-hybridized carbons (Fsp3) is 0.947. The summed E-state index contributed by atoms with van der Waals surface area (Å²) in [5.41, 5.74) is 0. The van der Waals surface area contributed by atoms with E-state index in [9.17, 15) is 4.79 Å². The average Bonchev–Trinajstić information content (AvgIpc) is 2.53. The summed E-state index contributed by atoms with van der Waals surface area (Å²) in [6.45, 7) is 8.13. The van der Waals surface area contributed by atoms with Gasteiger partial charge < -0.3 is 4.84 Å². The third kappa shape index (κ3) is 14.4. The first-order valence-corrected chi connectivity index (χ1v) is 9.70. The second-order valence-electron chi connectivity index (χ2n) is 6.28. The van der Waals surface area contributed by atoms with E-state index in [1.54, 1.807) is 0 Å². The first kappa shape index (κ1) is 21.4. The Hall–Kier alpha value is -0.570. The Balaban J connectivity index is 3.77. The summed E-state index contributed by atoms with van der Waals surface area (Å²) in [6.07, 6.45) is 15.8. The van der Waals surface area contributed by atoms with Crippen molar-refractivity contribution in [3.05, 3.63) is 0 Å². The average molecular weight is 314 g/mol. The number of carbonyl (C=O) groups excluding carboxylic acids is 1. The maximum Gasteiger partial charge on any atom is 0.324 e. The van der Waals surface area contributed by atoms with Gasteiger partial charge >= 0.3 is 5.97 Å². The fourth-order valence-electron chi connectivity index (χ4n) is 2.55. The molecule has 0 bridgehead atoms. The van der Waals surface area contributed by atoms with Gasteiger partial charge in [0.05, 0.1) is 0 Å². The molecule has 22 heavy (non-hydrogen) atoms. The minimum absolute atomic E-state index is 0.100. The summed E-state index contributed by atoms with van der Waals surface area (Å²) < 4.78 is 0. The molecule has 0 fully saturated rings. The van der Waals surface area contributed by atoms with Crippen LogP contribution in [0, 0.1) is 0 Å². The number of nitrogens with zero attached hydrogens (tertiary/aromatic N) is 1. The molecule has 0 aliphatic rings. The Bertz CT molecular complexity index is 228. The van der Waals surface area contributed by atoms with Gasteiger partial charge in [-0.3, -0.25) is 4.79 Å². The van der Waals surface area contributed by atoms with Crippen LogP contribution in [-0.4, -0.2) is 24.1 Å². The quantitative estimate of drug-likeness (QED) is 0.263. The Morgan fingerprint density at radius 1 is 0.682 bits per heavy atom. The molecule has 3 heteroatoms. The second-order valence-corrected chi connectivity index (χ2v) is 6.28. The monoisotopic (exact) mass is 313 g/mol. The van der Waals surface area contributed by atoms with Crippen molar-refractivity contribution in [1.82, 2.24) is 5.06 Å². The van der Waals surface area contributed by atoms with Crippen molar-refractivity contribution in [3.8, 4) is 0 Å². The number of hydroxylamine groups is 2. The number of rotatable bonds is 16. The van der Waals surface area contributed by atoms with Crippen LogP contribution in [0.3, 0.4) is 0 Å². The molecule has 0 saturated heterocycles. The molecule has 0 aliphatic heterocycles. The van der Waals surface area contributed by atoms with E-state index in [0.717, 1.165) is 25.9 Å². The van der Waals surface area contributed by atoms with E-state index in [2.05, 4.69) is 13.8 Å². The SMILES string of the molecule is CCCCCCCCN(CCCCCCCC)OC(=O)CC. The van der Waals surface area contributed by atoms with E-state index in [0.29, 0.717) is 6.42 Å². The number of hydrogen-bond acceptors (Lipinski definition) is 3. The van der Waals surface area contributed by atoms with Crippen LogP contribution in [0.25, 0.3) is 0 Å². The Kier molecular flexibility index (Phi) is 16.4. The van der Waals surface area contributed by atoms with Gasteiger partial charge in [-0.1, -0.05) is 85.0 Å². The second kappa shape index (κ2) is 16.8. The fourth-order valence-corrected chi connectivity index (χ4v) is 2.55. The Morgan fingerprint density at radius 3 is 1.50 bits per heavy atom. The van der Waals surface area contributed by atoms with Crippen LogP contribution < -0.4 is 0 Å². The molecule has 0 saturated carbocycles. The van der Waals surface area contributed by atoms with Crippen molar-refractivity contribution in [1.29, 1.82) is 0 Å². The molecule has 0 aliphatic carbocycles. The molecule has 0 atom stereocenters. The predicted molar refractivity (Wildman–Crippen MR) is 94.7 cm³/mol. The van der Waals surface area contributed by atoms with Gasteiger partial charge in [0.25, 0.3) is 0 Å². The maximum absolute atomic E-state index is 11.5. The first-order valence-electron chi connectivity index (χ1n) is 9.70. The molecule has 0 aromatic heterocycles. The van der Waals surface area contributed by atoms with Gasteiger partial charge in [0.1, 0.15) is 0 Å². The summed E-state index contributed by atoms with van der Waals surface area (Å²) in [4.78, 5) is 17.0. The number of carbonyl (C=O) groups is 1. The zero-order valence-electron chi connectivity index (χ0n) is 15.4. The van der Waals surface area contributed by atoms with Crippen LogP contribution in [0.5, 0.6) is 0 Å². The third-order valence-electron chi connectivity index (χ3n) is 4.04.